The van der Waals surface area contributed by atoms with Crippen LogP contribution in [0.15, 0.2) is 30.5 Å². The fourth-order valence-electron chi connectivity index (χ4n) is 2.17. The predicted molar refractivity (Wildman–Crippen MR) is 89.2 cm³/mol. The van der Waals surface area contributed by atoms with Gasteiger partial charge in [0, 0.05) is 5.56 Å². The minimum Gasteiger partial charge on any atom is -0.504 e. The summed E-state index contributed by atoms with van der Waals surface area (Å²) in [4.78, 5) is 30.7. The summed E-state index contributed by atoms with van der Waals surface area (Å²) in [5.74, 6) is -2.38. The van der Waals surface area contributed by atoms with E-state index in [4.69, 9.17) is 5.11 Å². The van der Waals surface area contributed by atoms with Crippen LogP contribution in [-0.2, 0) is 4.79 Å². The van der Waals surface area contributed by atoms with Gasteiger partial charge in [-0.1, -0.05) is 18.2 Å². The first-order chi connectivity index (χ1) is 12.0. The number of rotatable bonds is 4. The molecule has 3 N–H and O–H groups in total. The van der Waals surface area contributed by atoms with Crippen LogP contribution in [-0.4, -0.2) is 38.6 Å². The number of nitrogens with one attached hydrogen (secondary N) is 1. The van der Waals surface area contributed by atoms with Crippen molar-refractivity contribution < 1.29 is 19.8 Å². The van der Waals surface area contributed by atoms with Crippen molar-refractivity contribution in [1.29, 1.82) is 5.26 Å². The molecule has 8 nitrogen and oxygen atoms in total. The van der Waals surface area contributed by atoms with Gasteiger partial charge in [-0.05, 0) is 6.07 Å². The largest absolute Gasteiger partial charge is 0.504 e. The summed E-state index contributed by atoms with van der Waals surface area (Å²) in [5, 5.41) is 30.7. The number of carbonyl (C=O) groups excluding carboxylic acids is 1. The van der Waals surface area contributed by atoms with E-state index in [1.54, 1.807) is 24.3 Å². The lowest BCUT2D eigenvalue weighted by Crippen LogP contribution is -2.29. The Bertz CT molecular complexity index is 1040. The second-order valence-electron chi connectivity index (χ2n) is 4.92. The van der Waals surface area contributed by atoms with Gasteiger partial charge in [-0.2, -0.15) is 5.26 Å². The molecule has 0 aliphatic rings. The van der Waals surface area contributed by atoms with E-state index in [2.05, 4.69) is 21.4 Å². The van der Waals surface area contributed by atoms with Crippen molar-refractivity contribution in [2.75, 3.05) is 6.54 Å². The Balaban J connectivity index is 2.04. The molecule has 1 aromatic carbocycles. The number of hydrogen-bond donors (Lipinski definition) is 3. The fourth-order valence-corrected chi connectivity index (χ4v) is 3.19. The molecule has 0 bridgehead atoms. The molecule has 0 spiro atoms. The van der Waals surface area contributed by atoms with Gasteiger partial charge >= 0.3 is 5.97 Å². The van der Waals surface area contributed by atoms with Gasteiger partial charge in [-0.25, -0.2) is 9.97 Å². The number of nitriles is 1. The summed E-state index contributed by atoms with van der Waals surface area (Å²) in [6, 6.07) is 8.98. The summed E-state index contributed by atoms with van der Waals surface area (Å²) in [6.07, 6.45) is 1.32. The number of hydrogen-bond acceptors (Lipinski definition) is 7. The maximum atomic E-state index is 11.9. The Labute approximate surface area is 145 Å². The summed E-state index contributed by atoms with van der Waals surface area (Å²) in [6.45, 7) is -0.582. The zero-order chi connectivity index (χ0) is 18.0. The van der Waals surface area contributed by atoms with Gasteiger partial charge in [0.25, 0.3) is 5.91 Å². The lowest BCUT2D eigenvalue weighted by atomic mass is 10.1. The second kappa shape index (κ2) is 6.54. The maximum absolute atomic E-state index is 11.9. The first-order valence-corrected chi connectivity index (χ1v) is 7.81. The van der Waals surface area contributed by atoms with E-state index < -0.39 is 18.4 Å². The van der Waals surface area contributed by atoms with Gasteiger partial charge in [0.1, 0.15) is 21.8 Å². The zero-order valence-corrected chi connectivity index (χ0v) is 13.4. The van der Waals surface area contributed by atoms with Crippen LogP contribution in [0.5, 0.6) is 5.75 Å². The Morgan fingerprint density at radius 2 is 2.08 bits per heavy atom. The number of carboxylic acid groups (broad SMARTS) is 1. The molecule has 0 saturated heterocycles. The van der Waals surface area contributed by atoms with E-state index in [0.717, 1.165) is 11.3 Å². The monoisotopic (exact) mass is 354 g/mol. The minimum atomic E-state index is -1.21. The van der Waals surface area contributed by atoms with E-state index in [9.17, 15) is 20.0 Å². The number of thiazole rings is 1. The molecule has 25 heavy (non-hydrogen) atoms. The molecule has 124 valence electrons. The number of amides is 1. The molecular formula is C16H10N4O4S. The molecule has 3 rings (SSSR count). The van der Waals surface area contributed by atoms with Crippen LogP contribution >= 0.6 is 11.3 Å². The van der Waals surface area contributed by atoms with Crippen LogP contribution in [0, 0.1) is 11.3 Å². The van der Waals surface area contributed by atoms with E-state index >= 15 is 0 Å². The summed E-state index contributed by atoms with van der Waals surface area (Å²) < 4.78 is 0.332. The first-order valence-electron chi connectivity index (χ1n) is 6.99. The summed E-state index contributed by atoms with van der Waals surface area (Å²) in [7, 11) is 0. The number of carbonyl (C=O) groups is 2. The molecule has 3 aromatic rings. The highest BCUT2D eigenvalue weighted by molar-refractivity contribution is 7.22. The van der Waals surface area contributed by atoms with E-state index in [1.165, 1.54) is 6.20 Å². The molecule has 0 unspecified atom stereocenters. The van der Waals surface area contributed by atoms with Crippen LogP contribution < -0.4 is 5.32 Å². The molecule has 0 fully saturated rings. The van der Waals surface area contributed by atoms with E-state index in [0.29, 0.717) is 26.4 Å². The number of aromatic hydroxyl groups is 1. The van der Waals surface area contributed by atoms with E-state index in [-0.39, 0.29) is 11.4 Å². The van der Waals surface area contributed by atoms with Gasteiger partial charge < -0.3 is 15.5 Å². The standard InChI is InChI=1S/C16H10N4O4S/c17-5-8-3-1-2-4-9(8)16-20-10-6-18-12(13(23)14(10)25-16)15(24)19-7-11(21)22/h1-4,6,23H,7H2,(H,19,24)(H,21,22). The van der Waals surface area contributed by atoms with Crippen molar-refractivity contribution in [3.05, 3.63) is 41.7 Å². The Kier molecular flexibility index (Phi) is 4.28. The highest BCUT2D eigenvalue weighted by Crippen LogP contribution is 2.37. The third-order valence-electron chi connectivity index (χ3n) is 3.30. The van der Waals surface area contributed by atoms with Crippen LogP contribution in [0.4, 0.5) is 0 Å². The maximum Gasteiger partial charge on any atom is 0.322 e. The number of benzene rings is 1. The van der Waals surface area contributed by atoms with Crippen LogP contribution in [0.1, 0.15) is 16.1 Å². The molecule has 0 aliphatic carbocycles. The zero-order valence-electron chi connectivity index (χ0n) is 12.6. The molecule has 0 radical (unpaired) electrons. The number of carboxylic acids is 1. The highest BCUT2D eigenvalue weighted by atomic mass is 32.1. The Morgan fingerprint density at radius 1 is 1.32 bits per heavy atom. The average molecular weight is 354 g/mol. The van der Waals surface area contributed by atoms with Crippen molar-refractivity contribution in [2.24, 2.45) is 0 Å². The fraction of sp³-hybridized carbons (Fsp3) is 0.0625. The number of fused-ring (bicyclic) bond motifs is 1. The quantitative estimate of drug-likeness (QED) is 0.649. The van der Waals surface area contributed by atoms with Gasteiger partial charge in [0.2, 0.25) is 0 Å². The second-order valence-corrected chi connectivity index (χ2v) is 5.92. The average Bonchev–Trinajstić information content (AvgIpc) is 3.05. The summed E-state index contributed by atoms with van der Waals surface area (Å²) >= 11 is 1.11. The van der Waals surface area contributed by atoms with Crippen LogP contribution in [0.3, 0.4) is 0 Å². The first kappa shape index (κ1) is 16.4. The third kappa shape index (κ3) is 3.11. The lowest BCUT2D eigenvalue weighted by molar-refractivity contribution is -0.135. The van der Waals surface area contributed by atoms with Gasteiger partial charge in [0.15, 0.2) is 11.4 Å². The summed E-state index contributed by atoms with van der Waals surface area (Å²) in [5.41, 5.74) is 1.15. The number of aromatic nitrogens is 2. The lowest BCUT2D eigenvalue weighted by Gasteiger charge is -2.03. The van der Waals surface area contributed by atoms with Crippen molar-refractivity contribution >= 4 is 33.4 Å². The molecule has 0 saturated carbocycles. The van der Waals surface area contributed by atoms with Crippen LogP contribution in [0.25, 0.3) is 20.8 Å². The SMILES string of the molecule is N#Cc1ccccc1-c1nc2cnc(C(=O)NCC(=O)O)c(O)c2s1. The molecule has 2 heterocycles. The molecule has 0 atom stereocenters. The van der Waals surface area contributed by atoms with Crippen molar-refractivity contribution in [1.82, 2.24) is 15.3 Å². The van der Waals surface area contributed by atoms with Gasteiger partial charge in [-0.15, -0.1) is 11.3 Å². The number of aliphatic carboxylic acids is 1. The topological polar surface area (TPSA) is 136 Å². The predicted octanol–water partition coefficient (Wildman–Crippen LogP) is 1.75. The Hall–Kier alpha value is -3.51. The molecule has 1 amide bonds. The van der Waals surface area contributed by atoms with Gasteiger partial charge in [-0.3, -0.25) is 9.59 Å². The molecule has 0 aliphatic heterocycles. The van der Waals surface area contributed by atoms with Crippen molar-refractivity contribution in [2.45, 2.75) is 0 Å². The smallest absolute Gasteiger partial charge is 0.322 e. The third-order valence-corrected chi connectivity index (χ3v) is 4.41. The normalized spacial score (nSPS) is 10.4. The van der Waals surface area contributed by atoms with Crippen LogP contribution in [0.2, 0.25) is 0 Å². The Morgan fingerprint density at radius 3 is 2.80 bits per heavy atom. The number of pyridine rings is 1. The van der Waals surface area contributed by atoms with E-state index in [1.807, 2.05) is 0 Å². The molecular weight excluding hydrogens is 344 g/mol. The number of nitrogens with zero attached hydrogens (tertiary/aromatic N) is 3. The highest BCUT2D eigenvalue weighted by Gasteiger charge is 2.20. The van der Waals surface area contributed by atoms with Gasteiger partial charge in [0.05, 0.1) is 17.8 Å². The molecule has 2 aromatic heterocycles. The minimum absolute atomic E-state index is 0.280. The molecule has 9 heteroatoms. The van der Waals surface area contributed by atoms with Crippen molar-refractivity contribution in [3.8, 4) is 22.4 Å². The van der Waals surface area contributed by atoms with Crippen molar-refractivity contribution in [3.63, 3.8) is 0 Å².